The number of carbonyl (C=O) groups is 2. The normalized spacial score (nSPS) is 16.9. The third-order valence-electron chi connectivity index (χ3n) is 3.43. The van der Waals surface area contributed by atoms with Gasteiger partial charge in [0.15, 0.2) is 5.78 Å². The third kappa shape index (κ3) is 2.61. The average Bonchev–Trinajstić information content (AvgIpc) is 2.88. The summed E-state index contributed by atoms with van der Waals surface area (Å²) >= 11 is 0. The van der Waals surface area contributed by atoms with E-state index in [0.717, 1.165) is 32.7 Å². The quantitative estimate of drug-likeness (QED) is 0.813. The molecule has 5 nitrogen and oxygen atoms in total. The van der Waals surface area contributed by atoms with Gasteiger partial charge in [-0.1, -0.05) is 6.92 Å². The second-order valence-corrected chi connectivity index (χ2v) is 4.58. The number of hydrogen-bond donors (Lipinski definition) is 1. The highest BCUT2D eigenvalue weighted by Gasteiger charge is 2.22. The highest BCUT2D eigenvalue weighted by atomic mass is 16.2. The van der Waals surface area contributed by atoms with Crippen LogP contribution >= 0.6 is 0 Å². The van der Waals surface area contributed by atoms with E-state index >= 15 is 0 Å². The van der Waals surface area contributed by atoms with Crippen molar-refractivity contribution in [2.24, 2.45) is 0 Å². The van der Waals surface area contributed by atoms with Crippen LogP contribution in [0.5, 0.6) is 0 Å². The Kier molecular flexibility index (Phi) is 3.81. The lowest BCUT2D eigenvalue weighted by Gasteiger charge is -2.33. The summed E-state index contributed by atoms with van der Waals surface area (Å²) in [4.78, 5) is 30.4. The topological polar surface area (TPSA) is 56.4 Å². The van der Waals surface area contributed by atoms with Crippen LogP contribution in [0.15, 0.2) is 12.3 Å². The highest BCUT2D eigenvalue weighted by molar-refractivity contribution is 5.99. The van der Waals surface area contributed by atoms with Gasteiger partial charge < -0.3 is 14.8 Å². The molecule has 0 atom stereocenters. The third-order valence-corrected chi connectivity index (χ3v) is 3.43. The lowest BCUT2D eigenvalue weighted by atomic mass is 10.2. The molecule has 0 unspecified atom stereocenters. The number of hydrogen-bond acceptors (Lipinski definition) is 3. The average molecular weight is 249 g/mol. The summed E-state index contributed by atoms with van der Waals surface area (Å²) in [6, 6.07) is 1.64. The van der Waals surface area contributed by atoms with E-state index in [1.807, 2.05) is 4.90 Å². The Hall–Kier alpha value is -1.62. The summed E-state index contributed by atoms with van der Waals surface area (Å²) < 4.78 is 0. The lowest BCUT2D eigenvalue weighted by molar-refractivity contribution is 0.0638. The van der Waals surface area contributed by atoms with Crippen molar-refractivity contribution in [2.45, 2.75) is 13.8 Å². The fraction of sp³-hybridized carbons (Fsp3) is 0.538. The van der Waals surface area contributed by atoms with Crippen molar-refractivity contribution in [3.05, 3.63) is 23.5 Å². The van der Waals surface area contributed by atoms with Gasteiger partial charge in [-0.05, 0) is 19.5 Å². The molecule has 1 aromatic rings. The van der Waals surface area contributed by atoms with Crippen LogP contribution in [-0.2, 0) is 0 Å². The Morgan fingerprint density at radius 2 is 1.94 bits per heavy atom. The molecule has 98 valence electrons. The fourth-order valence-electron chi connectivity index (χ4n) is 2.16. The Bertz CT molecular complexity index is 445. The Morgan fingerprint density at radius 3 is 2.44 bits per heavy atom. The number of aromatic nitrogens is 1. The molecule has 0 aromatic carbocycles. The van der Waals surface area contributed by atoms with E-state index in [9.17, 15) is 9.59 Å². The molecule has 2 rings (SSSR count). The zero-order chi connectivity index (χ0) is 13.1. The van der Waals surface area contributed by atoms with Gasteiger partial charge >= 0.3 is 0 Å². The molecule has 1 aliphatic heterocycles. The monoisotopic (exact) mass is 249 g/mol. The molecule has 0 radical (unpaired) electrons. The van der Waals surface area contributed by atoms with Crippen molar-refractivity contribution in [2.75, 3.05) is 32.7 Å². The van der Waals surface area contributed by atoms with Crippen LogP contribution in [0.2, 0.25) is 0 Å². The van der Waals surface area contributed by atoms with Crippen molar-refractivity contribution in [3.8, 4) is 0 Å². The van der Waals surface area contributed by atoms with Crippen molar-refractivity contribution in [1.29, 1.82) is 0 Å². The molecule has 1 amide bonds. The SMILES string of the molecule is CCN1CCN(C(=O)c2cc(C(C)=O)c[nH]2)CC1. The molecule has 0 aliphatic carbocycles. The standard InChI is InChI=1S/C13H19N3O2/c1-3-15-4-6-16(7-5-15)13(18)12-8-11(9-14-12)10(2)17/h8-9,14H,3-7H2,1-2H3. The Morgan fingerprint density at radius 1 is 1.28 bits per heavy atom. The van der Waals surface area contributed by atoms with E-state index in [1.54, 1.807) is 12.3 Å². The maximum Gasteiger partial charge on any atom is 0.270 e. The van der Waals surface area contributed by atoms with E-state index < -0.39 is 0 Å². The van der Waals surface area contributed by atoms with E-state index in [0.29, 0.717) is 11.3 Å². The Balaban J connectivity index is 2.01. The number of aromatic amines is 1. The molecular weight excluding hydrogens is 230 g/mol. The van der Waals surface area contributed by atoms with Gasteiger partial charge in [0.1, 0.15) is 5.69 Å². The molecule has 2 heterocycles. The summed E-state index contributed by atoms with van der Waals surface area (Å²) in [5.41, 5.74) is 1.07. The molecule has 1 N–H and O–H groups in total. The zero-order valence-corrected chi connectivity index (χ0v) is 10.9. The van der Waals surface area contributed by atoms with E-state index in [-0.39, 0.29) is 11.7 Å². The predicted octanol–water partition coefficient (Wildman–Crippen LogP) is 0.995. The van der Waals surface area contributed by atoms with Crippen LogP contribution in [0.25, 0.3) is 0 Å². The van der Waals surface area contributed by atoms with Crippen LogP contribution in [0.4, 0.5) is 0 Å². The van der Waals surface area contributed by atoms with Gasteiger partial charge in [0.25, 0.3) is 5.91 Å². The van der Waals surface area contributed by atoms with Crippen LogP contribution in [0.3, 0.4) is 0 Å². The molecule has 1 saturated heterocycles. The van der Waals surface area contributed by atoms with Crippen LogP contribution in [-0.4, -0.2) is 59.2 Å². The van der Waals surface area contributed by atoms with E-state index in [1.165, 1.54) is 6.92 Å². The maximum absolute atomic E-state index is 12.2. The molecule has 5 heteroatoms. The van der Waals surface area contributed by atoms with Crippen molar-refractivity contribution in [3.63, 3.8) is 0 Å². The first-order valence-electron chi connectivity index (χ1n) is 6.32. The molecule has 1 aromatic heterocycles. The molecule has 1 aliphatic rings. The fourth-order valence-corrected chi connectivity index (χ4v) is 2.16. The molecule has 0 bridgehead atoms. The number of carbonyl (C=O) groups excluding carboxylic acids is 2. The van der Waals surface area contributed by atoms with Crippen molar-refractivity contribution >= 4 is 11.7 Å². The number of amides is 1. The zero-order valence-electron chi connectivity index (χ0n) is 10.9. The minimum Gasteiger partial charge on any atom is -0.356 e. The number of ketones is 1. The Labute approximate surface area is 107 Å². The number of Topliss-reactive ketones (excluding diaryl/α,β-unsaturated/α-hetero) is 1. The molecular formula is C13H19N3O2. The number of nitrogens with one attached hydrogen (secondary N) is 1. The van der Waals surface area contributed by atoms with Crippen molar-refractivity contribution in [1.82, 2.24) is 14.8 Å². The summed E-state index contributed by atoms with van der Waals surface area (Å²) in [7, 11) is 0. The minimum absolute atomic E-state index is 0.0155. The summed E-state index contributed by atoms with van der Waals surface area (Å²) in [5.74, 6) is -0.0423. The molecule has 1 fully saturated rings. The van der Waals surface area contributed by atoms with Crippen LogP contribution in [0.1, 0.15) is 34.7 Å². The van der Waals surface area contributed by atoms with Gasteiger partial charge in [-0.15, -0.1) is 0 Å². The van der Waals surface area contributed by atoms with Crippen molar-refractivity contribution < 1.29 is 9.59 Å². The van der Waals surface area contributed by atoms with Crippen LogP contribution in [0, 0.1) is 0 Å². The first kappa shape index (κ1) is 12.8. The highest BCUT2D eigenvalue weighted by Crippen LogP contribution is 2.10. The summed E-state index contributed by atoms with van der Waals surface area (Å²) in [6.45, 7) is 7.99. The second-order valence-electron chi connectivity index (χ2n) is 4.58. The van der Waals surface area contributed by atoms with Gasteiger partial charge in [-0.3, -0.25) is 9.59 Å². The lowest BCUT2D eigenvalue weighted by Crippen LogP contribution is -2.48. The second kappa shape index (κ2) is 5.35. The number of piperazine rings is 1. The number of nitrogens with zero attached hydrogens (tertiary/aromatic N) is 2. The van der Waals surface area contributed by atoms with E-state index in [2.05, 4.69) is 16.8 Å². The molecule has 0 saturated carbocycles. The number of rotatable bonds is 3. The van der Waals surface area contributed by atoms with Gasteiger partial charge in [0.2, 0.25) is 0 Å². The first-order chi connectivity index (χ1) is 8.61. The largest absolute Gasteiger partial charge is 0.356 e. The number of H-pyrrole nitrogens is 1. The smallest absolute Gasteiger partial charge is 0.270 e. The number of likely N-dealkylation sites (N-methyl/N-ethyl adjacent to an activating group) is 1. The van der Waals surface area contributed by atoms with E-state index in [4.69, 9.17) is 0 Å². The summed E-state index contributed by atoms with van der Waals surface area (Å²) in [5, 5.41) is 0. The molecule has 0 spiro atoms. The van der Waals surface area contributed by atoms with Gasteiger partial charge in [0.05, 0.1) is 0 Å². The summed E-state index contributed by atoms with van der Waals surface area (Å²) in [6.07, 6.45) is 1.60. The van der Waals surface area contributed by atoms with Crippen LogP contribution < -0.4 is 0 Å². The predicted molar refractivity (Wildman–Crippen MR) is 68.8 cm³/mol. The van der Waals surface area contributed by atoms with Gasteiger partial charge in [0, 0.05) is 37.9 Å². The first-order valence-corrected chi connectivity index (χ1v) is 6.32. The molecule has 18 heavy (non-hydrogen) atoms. The minimum atomic E-state index is -0.0268. The van der Waals surface area contributed by atoms with Gasteiger partial charge in [-0.2, -0.15) is 0 Å². The van der Waals surface area contributed by atoms with Gasteiger partial charge in [-0.25, -0.2) is 0 Å². The maximum atomic E-state index is 12.2.